The minimum Gasteiger partial charge on any atom is -0.376 e. The molecule has 0 N–H and O–H groups in total. The first-order valence-corrected chi connectivity index (χ1v) is 10.5. The highest BCUT2D eigenvalue weighted by atomic mass is 79.9. The van der Waals surface area contributed by atoms with Gasteiger partial charge < -0.3 is 9.64 Å². The number of carbonyl (C=O) groups excluding carboxylic acids is 1. The van der Waals surface area contributed by atoms with Crippen molar-refractivity contribution < 1.29 is 9.53 Å². The zero-order chi connectivity index (χ0) is 18.3. The van der Waals surface area contributed by atoms with Crippen LogP contribution in [-0.2, 0) is 14.9 Å². The number of hydrogen-bond donors (Lipinski definition) is 0. The second-order valence-corrected chi connectivity index (χ2v) is 10.1. The fraction of sp³-hybridized carbons (Fsp3) is 0.700. The topological polar surface area (TPSA) is 45.7 Å². The Morgan fingerprint density at radius 1 is 1.27 bits per heavy atom. The Labute approximate surface area is 163 Å². The van der Waals surface area contributed by atoms with Crippen molar-refractivity contribution in [2.75, 3.05) is 18.1 Å². The molecule has 1 amide bonds. The Morgan fingerprint density at radius 2 is 2.04 bits per heavy atom. The summed E-state index contributed by atoms with van der Waals surface area (Å²) in [6.45, 7) is 8.36. The molecule has 3 fully saturated rings. The van der Waals surface area contributed by atoms with Crippen molar-refractivity contribution in [2.45, 2.75) is 75.6 Å². The van der Waals surface area contributed by atoms with Crippen molar-refractivity contribution in [3.05, 3.63) is 22.4 Å². The Hall–Kier alpha value is -0.980. The Bertz CT molecular complexity index is 774. The highest BCUT2D eigenvalue weighted by Gasteiger charge is 2.56. The molecule has 2 atom stereocenters. The van der Waals surface area contributed by atoms with Gasteiger partial charge in [0.25, 0.3) is 0 Å². The number of amides is 1. The van der Waals surface area contributed by atoms with E-state index in [-0.39, 0.29) is 17.5 Å². The number of anilines is 1. The van der Waals surface area contributed by atoms with Gasteiger partial charge >= 0.3 is 0 Å². The van der Waals surface area contributed by atoms with E-state index in [0.717, 1.165) is 48.3 Å². The summed E-state index contributed by atoms with van der Waals surface area (Å²) >= 11 is 3.52. The summed E-state index contributed by atoms with van der Waals surface area (Å²) in [5.74, 6) is 0.188. The summed E-state index contributed by atoms with van der Waals surface area (Å²) in [5.41, 5.74) is 1.54. The maximum absolute atomic E-state index is 13.2. The first-order valence-electron chi connectivity index (χ1n) is 9.68. The summed E-state index contributed by atoms with van der Waals surface area (Å²) < 4.78 is 6.81. The second-order valence-electron chi connectivity index (χ2n) is 9.21. The van der Waals surface area contributed by atoms with Crippen molar-refractivity contribution in [1.82, 2.24) is 9.88 Å². The number of fused-ring (bicyclic) bond motifs is 3. The molecule has 6 heteroatoms. The predicted octanol–water partition coefficient (Wildman–Crippen LogP) is 3.25. The van der Waals surface area contributed by atoms with Crippen LogP contribution < -0.4 is 4.90 Å². The van der Waals surface area contributed by atoms with Crippen LogP contribution in [0.15, 0.2) is 16.7 Å². The molecule has 4 aliphatic rings. The third-order valence-electron chi connectivity index (χ3n) is 7.04. The number of rotatable bonds is 2. The van der Waals surface area contributed by atoms with Gasteiger partial charge in [-0.1, -0.05) is 0 Å². The Balaban J connectivity index is 1.39. The van der Waals surface area contributed by atoms with Gasteiger partial charge in [-0.3, -0.25) is 14.7 Å². The lowest BCUT2D eigenvalue weighted by Crippen LogP contribution is -2.66. The second kappa shape index (κ2) is 5.52. The third kappa shape index (κ3) is 2.28. The van der Waals surface area contributed by atoms with Crippen molar-refractivity contribution in [3.63, 3.8) is 0 Å². The van der Waals surface area contributed by atoms with E-state index >= 15 is 0 Å². The number of aromatic nitrogens is 1. The summed E-state index contributed by atoms with van der Waals surface area (Å²) in [4.78, 5) is 22.5. The Kier molecular flexibility index (Phi) is 3.64. The lowest BCUT2D eigenvalue weighted by Gasteiger charge is -2.57. The first kappa shape index (κ1) is 17.1. The highest BCUT2D eigenvalue weighted by Crippen LogP contribution is 2.50. The largest absolute Gasteiger partial charge is 0.376 e. The van der Waals surface area contributed by atoms with Crippen LogP contribution >= 0.6 is 15.9 Å². The molecule has 1 aliphatic carbocycles. The molecule has 2 saturated heterocycles. The van der Waals surface area contributed by atoms with Crippen LogP contribution in [0, 0.1) is 0 Å². The molecular formula is C20H26BrN3O2. The van der Waals surface area contributed by atoms with Crippen molar-refractivity contribution in [2.24, 2.45) is 0 Å². The van der Waals surface area contributed by atoms with Crippen molar-refractivity contribution in [3.8, 4) is 0 Å². The van der Waals surface area contributed by atoms with E-state index in [1.807, 2.05) is 18.7 Å². The van der Waals surface area contributed by atoms with E-state index < -0.39 is 5.41 Å². The molecule has 5 rings (SSSR count). The van der Waals surface area contributed by atoms with Gasteiger partial charge in [0.1, 0.15) is 0 Å². The zero-order valence-corrected chi connectivity index (χ0v) is 17.3. The van der Waals surface area contributed by atoms with Crippen molar-refractivity contribution in [1.29, 1.82) is 0 Å². The van der Waals surface area contributed by atoms with Gasteiger partial charge in [-0.25, -0.2) is 0 Å². The van der Waals surface area contributed by atoms with E-state index in [4.69, 9.17) is 4.74 Å². The van der Waals surface area contributed by atoms with Gasteiger partial charge in [0.2, 0.25) is 5.91 Å². The van der Waals surface area contributed by atoms with Gasteiger partial charge in [0.05, 0.1) is 29.5 Å². The standard InChI is InChI=1S/C20H26BrN3O2/c1-19(2)17-16(6-12(21)10-22-17)24(18(19)25)14-8-20(3,9-14)23-5-4-15-7-13(23)11-26-15/h6,10,13-15H,4-5,7-9,11H2,1-3H3/t13-,14?,15?,20?/m0/s1. The molecule has 0 radical (unpaired) electrons. The van der Waals surface area contributed by atoms with Crippen LogP contribution in [0.3, 0.4) is 0 Å². The molecule has 1 aromatic rings. The monoisotopic (exact) mass is 419 g/mol. The maximum Gasteiger partial charge on any atom is 0.239 e. The molecule has 1 saturated carbocycles. The average molecular weight is 420 g/mol. The molecule has 3 aliphatic heterocycles. The summed E-state index contributed by atoms with van der Waals surface area (Å²) in [5, 5.41) is 0. The molecule has 4 heterocycles. The van der Waals surface area contributed by atoms with Gasteiger partial charge in [-0.15, -0.1) is 0 Å². The molecular weight excluding hydrogens is 394 g/mol. The van der Waals surface area contributed by atoms with E-state index in [0.29, 0.717) is 12.1 Å². The van der Waals surface area contributed by atoms with Gasteiger partial charge in [-0.2, -0.15) is 0 Å². The minimum atomic E-state index is -0.542. The normalized spacial score (nSPS) is 38.4. The lowest BCUT2D eigenvalue weighted by atomic mass is 9.70. The molecule has 5 nitrogen and oxygen atoms in total. The number of halogens is 1. The SMILES string of the molecule is CC1(C)C(=O)N(C2CC(C)(N3CCC4C[C@H]3CO4)C2)c2cc(Br)cnc21. The summed E-state index contributed by atoms with van der Waals surface area (Å²) in [6, 6.07) is 2.89. The van der Waals surface area contributed by atoms with E-state index in [9.17, 15) is 4.79 Å². The lowest BCUT2D eigenvalue weighted by molar-refractivity contribution is -0.124. The van der Waals surface area contributed by atoms with Gasteiger partial charge in [0.15, 0.2) is 0 Å². The number of nitrogens with zero attached hydrogens (tertiary/aromatic N) is 3. The number of likely N-dealkylation sites (tertiary alicyclic amines) is 1. The van der Waals surface area contributed by atoms with E-state index in [1.54, 1.807) is 6.20 Å². The van der Waals surface area contributed by atoms with Crippen LogP contribution in [0.2, 0.25) is 0 Å². The van der Waals surface area contributed by atoms with E-state index in [2.05, 4.69) is 38.8 Å². The molecule has 0 aromatic carbocycles. The summed E-state index contributed by atoms with van der Waals surface area (Å²) in [6.07, 6.45) is 6.66. The quantitative estimate of drug-likeness (QED) is 0.737. The first-order chi connectivity index (χ1) is 12.3. The number of carbonyl (C=O) groups is 1. The van der Waals surface area contributed by atoms with Crippen LogP contribution in [0.1, 0.15) is 52.1 Å². The van der Waals surface area contributed by atoms with Gasteiger partial charge in [0, 0.05) is 34.8 Å². The molecule has 2 bridgehead atoms. The fourth-order valence-corrected chi connectivity index (χ4v) is 5.94. The number of pyridine rings is 1. The Morgan fingerprint density at radius 3 is 2.81 bits per heavy atom. The average Bonchev–Trinajstić information content (AvgIpc) is 3.01. The number of piperidine rings is 1. The smallest absolute Gasteiger partial charge is 0.239 e. The molecule has 0 spiro atoms. The van der Waals surface area contributed by atoms with Crippen LogP contribution in [0.5, 0.6) is 0 Å². The number of ether oxygens (including phenoxy) is 1. The summed E-state index contributed by atoms with van der Waals surface area (Å²) in [7, 11) is 0. The fourth-order valence-electron chi connectivity index (χ4n) is 5.62. The van der Waals surface area contributed by atoms with Crippen LogP contribution in [-0.4, -0.2) is 52.7 Å². The van der Waals surface area contributed by atoms with Gasteiger partial charge in [-0.05, 0) is 68.5 Å². The van der Waals surface area contributed by atoms with Crippen LogP contribution in [0.4, 0.5) is 5.69 Å². The third-order valence-corrected chi connectivity index (χ3v) is 7.47. The number of hydrogen-bond acceptors (Lipinski definition) is 4. The molecule has 1 aromatic heterocycles. The molecule has 140 valence electrons. The highest BCUT2D eigenvalue weighted by molar-refractivity contribution is 9.10. The molecule has 1 unspecified atom stereocenters. The maximum atomic E-state index is 13.2. The minimum absolute atomic E-state index is 0.181. The predicted molar refractivity (Wildman–Crippen MR) is 103 cm³/mol. The zero-order valence-electron chi connectivity index (χ0n) is 15.7. The van der Waals surface area contributed by atoms with Crippen molar-refractivity contribution >= 4 is 27.5 Å². The molecule has 26 heavy (non-hydrogen) atoms. The van der Waals surface area contributed by atoms with E-state index in [1.165, 1.54) is 6.42 Å². The van der Waals surface area contributed by atoms with Crippen LogP contribution in [0.25, 0.3) is 0 Å².